The molecule has 0 bridgehead atoms. The molecular weight excluding hydrogens is 268 g/mol. The van der Waals surface area contributed by atoms with Gasteiger partial charge >= 0.3 is 0 Å². The zero-order chi connectivity index (χ0) is 10.3. The smallest absolute Gasteiger partial charge is 0.143 e. The van der Waals surface area contributed by atoms with E-state index in [2.05, 4.69) is 15.9 Å². The molecule has 1 aliphatic carbocycles. The highest BCUT2D eigenvalue weighted by molar-refractivity contribution is 9.10. The summed E-state index contributed by atoms with van der Waals surface area (Å²) in [7, 11) is 0. The summed E-state index contributed by atoms with van der Waals surface area (Å²) in [6.45, 7) is 0.570. The van der Waals surface area contributed by atoms with Crippen molar-refractivity contribution < 1.29 is 4.39 Å². The first-order valence-electron chi connectivity index (χ1n) is 4.44. The van der Waals surface area contributed by atoms with Gasteiger partial charge in [0.1, 0.15) is 5.82 Å². The van der Waals surface area contributed by atoms with E-state index in [0.29, 0.717) is 11.0 Å². The summed E-state index contributed by atoms with van der Waals surface area (Å²) < 4.78 is 13.9. The Balaban J connectivity index is 2.46. The van der Waals surface area contributed by atoms with Gasteiger partial charge in [-0.05, 0) is 46.5 Å². The largest absolute Gasteiger partial charge is 0.330 e. The molecule has 0 amide bonds. The van der Waals surface area contributed by atoms with Gasteiger partial charge in [0.2, 0.25) is 0 Å². The zero-order valence-corrected chi connectivity index (χ0v) is 9.83. The molecule has 4 heteroatoms. The lowest BCUT2D eigenvalue weighted by atomic mass is 9.96. The Bertz CT molecular complexity index is 353. The normalized spacial score (nSPS) is 18.3. The molecule has 0 saturated heterocycles. The average molecular weight is 279 g/mol. The molecule has 2 N–H and O–H groups in total. The summed E-state index contributed by atoms with van der Waals surface area (Å²) >= 11 is 8.94. The van der Waals surface area contributed by atoms with Gasteiger partial charge in [0.15, 0.2) is 0 Å². The number of hydrogen-bond acceptors (Lipinski definition) is 1. The summed E-state index contributed by atoms with van der Waals surface area (Å²) in [5.41, 5.74) is 6.63. The maximum absolute atomic E-state index is 13.3. The second-order valence-corrected chi connectivity index (χ2v) is 4.97. The van der Waals surface area contributed by atoms with E-state index in [1.807, 2.05) is 6.07 Å². The van der Waals surface area contributed by atoms with Crippen LogP contribution in [0, 0.1) is 5.82 Å². The standard InChI is InChI=1S/C10H10BrClFN/c11-7-3-6(4-8(13)9(7)12)10(5-14)1-2-10/h3-4H,1-2,5,14H2. The van der Waals surface area contributed by atoms with Crippen LogP contribution in [0.25, 0.3) is 0 Å². The Morgan fingerprint density at radius 2 is 2.14 bits per heavy atom. The molecular formula is C10H10BrClFN. The summed E-state index contributed by atoms with van der Waals surface area (Å²) in [6, 6.07) is 3.36. The highest BCUT2D eigenvalue weighted by Gasteiger charge is 2.43. The van der Waals surface area contributed by atoms with Gasteiger partial charge in [0, 0.05) is 16.4 Å². The molecule has 0 radical (unpaired) electrons. The summed E-state index contributed by atoms with van der Waals surface area (Å²) in [4.78, 5) is 0. The van der Waals surface area contributed by atoms with Crippen LogP contribution in [0.4, 0.5) is 4.39 Å². The molecule has 0 unspecified atom stereocenters. The Morgan fingerprint density at radius 1 is 1.50 bits per heavy atom. The monoisotopic (exact) mass is 277 g/mol. The first-order valence-corrected chi connectivity index (χ1v) is 5.61. The maximum atomic E-state index is 13.3. The quantitative estimate of drug-likeness (QED) is 0.826. The number of nitrogens with two attached hydrogens (primary N) is 1. The third kappa shape index (κ3) is 1.58. The van der Waals surface area contributed by atoms with Crippen molar-refractivity contribution in [2.75, 3.05) is 6.54 Å². The lowest BCUT2D eigenvalue weighted by Gasteiger charge is -2.13. The third-order valence-electron chi connectivity index (χ3n) is 2.84. The number of benzene rings is 1. The van der Waals surface area contributed by atoms with Crippen molar-refractivity contribution in [1.29, 1.82) is 0 Å². The number of hydrogen-bond donors (Lipinski definition) is 1. The van der Waals surface area contributed by atoms with E-state index >= 15 is 0 Å². The van der Waals surface area contributed by atoms with Crippen molar-refractivity contribution in [2.45, 2.75) is 18.3 Å². The van der Waals surface area contributed by atoms with Gasteiger partial charge in [-0.1, -0.05) is 11.6 Å². The van der Waals surface area contributed by atoms with E-state index < -0.39 is 0 Å². The van der Waals surface area contributed by atoms with Gasteiger partial charge in [-0.3, -0.25) is 0 Å². The second kappa shape index (κ2) is 3.47. The van der Waals surface area contributed by atoms with Crippen LogP contribution in [0.5, 0.6) is 0 Å². The van der Waals surface area contributed by atoms with Crippen molar-refractivity contribution >= 4 is 27.5 Å². The third-order valence-corrected chi connectivity index (χ3v) is 4.08. The van der Waals surface area contributed by atoms with E-state index in [1.165, 1.54) is 6.07 Å². The van der Waals surface area contributed by atoms with Crippen LogP contribution in [0.2, 0.25) is 5.02 Å². The molecule has 1 saturated carbocycles. The molecule has 1 nitrogen and oxygen atoms in total. The minimum Gasteiger partial charge on any atom is -0.330 e. The highest BCUT2D eigenvalue weighted by atomic mass is 79.9. The molecule has 14 heavy (non-hydrogen) atoms. The van der Waals surface area contributed by atoms with Crippen LogP contribution in [-0.2, 0) is 5.41 Å². The molecule has 0 spiro atoms. The van der Waals surface area contributed by atoms with Crippen LogP contribution >= 0.6 is 27.5 Å². The van der Waals surface area contributed by atoms with Crippen LogP contribution in [0.1, 0.15) is 18.4 Å². The summed E-state index contributed by atoms with van der Waals surface area (Å²) in [5, 5.41) is 0.140. The summed E-state index contributed by atoms with van der Waals surface area (Å²) in [6.07, 6.45) is 2.08. The topological polar surface area (TPSA) is 26.0 Å². The molecule has 0 aliphatic heterocycles. The molecule has 0 heterocycles. The Labute approximate surface area is 95.6 Å². The molecule has 2 rings (SSSR count). The predicted molar refractivity (Wildman–Crippen MR) is 59.1 cm³/mol. The Kier molecular flexibility index (Phi) is 2.58. The van der Waals surface area contributed by atoms with Crippen LogP contribution in [-0.4, -0.2) is 6.54 Å². The predicted octanol–water partition coefficient (Wildman–Crippen LogP) is 3.23. The van der Waals surface area contributed by atoms with E-state index in [9.17, 15) is 4.39 Å². The minimum absolute atomic E-state index is 0.00789. The SMILES string of the molecule is NCC1(c2cc(F)c(Cl)c(Br)c2)CC1. The van der Waals surface area contributed by atoms with E-state index in [1.54, 1.807) is 0 Å². The van der Waals surface area contributed by atoms with Gasteiger partial charge in [-0.25, -0.2) is 4.39 Å². The molecule has 1 aromatic rings. The number of rotatable bonds is 2. The average Bonchev–Trinajstić information content (AvgIpc) is 2.94. The van der Waals surface area contributed by atoms with Crippen molar-refractivity contribution in [3.05, 3.63) is 33.0 Å². The minimum atomic E-state index is -0.379. The van der Waals surface area contributed by atoms with Gasteiger partial charge in [-0.2, -0.15) is 0 Å². The number of halogens is 3. The molecule has 1 aliphatic rings. The molecule has 76 valence electrons. The highest BCUT2D eigenvalue weighted by Crippen LogP contribution is 2.48. The fraction of sp³-hybridized carbons (Fsp3) is 0.400. The van der Waals surface area contributed by atoms with Crippen LogP contribution < -0.4 is 5.73 Å². The lowest BCUT2D eigenvalue weighted by Crippen LogP contribution is -2.19. The van der Waals surface area contributed by atoms with Gasteiger partial charge in [0.25, 0.3) is 0 Å². The molecule has 1 fully saturated rings. The second-order valence-electron chi connectivity index (χ2n) is 3.74. The van der Waals surface area contributed by atoms with Gasteiger partial charge in [-0.15, -0.1) is 0 Å². The van der Waals surface area contributed by atoms with Crippen LogP contribution in [0.3, 0.4) is 0 Å². The maximum Gasteiger partial charge on any atom is 0.143 e. The fourth-order valence-electron chi connectivity index (χ4n) is 1.62. The van der Waals surface area contributed by atoms with Gasteiger partial charge in [0.05, 0.1) is 5.02 Å². The van der Waals surface area contributed by atoms with Crippen molar-refractivity contribution in [3.63, 3.8) is 0 Å². The van der Waals surface area contributed by atoms with Crippen molar-refractivity contribution in [1.82, 2.24) is 0 Å². The fourth-order valence-corrected chi connectivity index (χ4v) is 2.17. The van der Waals surface area contributed by atoms with E-state index in [-0.39, 0.29) is 16.3 Å². The zero-order valence-electron chi connectivity index (χ0n) is 7.49. The lowest BCUT2D eigenvalue weighted by molar-refractivity contribution is 0.615. The van der Waals surface area contributed by atoms with E-state index in [0.717, 1.165) is 18.4 Å². The molecule has 1 aromatic carbocycles. The first-order chi connectivity index (χ1) is 6.59. The Hall–Kier alpha value is -0.120. The van der Waals surface area contributed by atoms with Crippen molar-refractivity contribution in [2.24, 2.45) is 5.73 Å². The first kappa shape index (κ1) is 10.4. The van der Waals surface area contributed by atoms with Crippen LogP contribution in [0.15, 0.2) is 16.6 Å². The van der Waals surface area contributed by atoms with E-state index in [4.69, 9.17) is 17.3 Å². The summed E-state index contributed by atoms with van der Waals surface area (Å²) in [5.74, 6) is -0.379. The Morgan fingerprint density at radius 3 is 2.57 bits per heavy atom. The molecule has 0 aromatic heterocycles. The van der Waals surface area contributed by atoms with Crippen molar-refractivity contribution in [3.8, 4) is 0 Å². The molecule has 0 atom stereocenters. The van der Waals surface area contributed by atoms with Gasteiger partial charge < -0.3 is 5.73 Å².